The van der Waals surface area contributed by atoms with E-state index in [0.29, 0.717) is 23.9 Å². The SMILES string of the molecule is CC(CNCC(O)COc1cccc(C#N)c1)N(C)C. The fourth-order valence-electron chi connectivity index (χ4n) is 1.55. The van der Waals surface area contributed by atoms with Gasteiger partial charge in [0.1, 0.15) is 18.5 Å². The minimum atomic E-state index is -0.574. The Morgan fingerprint density at radius 2 is 2.15 bits per heavy atom. The number of likely N-dealkylation sites (N-methyl/N-ethyl adjacent to an activating group) is 1. The van der Waals surface area contributed by atoms with Gasteiger partial charge in [0.25, 0.3) is 0 Å². The first-order valence-electron chi connectivity index (χ1n) is 6.71. The summed E-state index contributed by atoms with van der Waals surface area (Å²) >= 11 is 0. The van der Waals surface area contributed by atoms with Crippen LogP contribution in [0.1, 0.15) is 12.5 Å². The zero-order valence-electron chi connectivity index (χ0n) is 12.3. The molecular weight excluding hydrogens is 254 g/mol. The second kappa shape index (κ2) is 8.54. The largest absolute Gasteiger partial charge is 0.491 e. The number of aliphatic hydroxyl groups excluding tert-OH is 1. The van der Waals surface area contributed by atoms with Crippen molar-refractivity contribution in [2.45, 2.75) is 19.1 Å². The van der Waals surface area contributed by atoms with Crippen molar-refractivity contribution in [1.29, 1.82) is 5.26 Å². The van der Waals surface area contributed by atoms with Crippen molar-refractivity contribution in [2.24, 2.45) is 0 Å². The molecule has 2 N–H and O–H groups in total. The van der Waals surface area contributed by atoms with Gasteiger partial charge in [0.2, 0.25) is 0 Å². The van der Waals surface area contributed by atoms with Gasteiger partial charge in [0, 0.05) is 19.1 Å². The zero-order chi connectivity index (χ0) is 15.0. The molecule has 1 rings (SSSR count). The highest BCUT2D eigenvalue weighted by Crippen LogP contribution is 2.12. The summed E-state index contributed by atoms with van der Waals surface area (Å²) in [5, 5.41) is 21.8. The van der Waals surface area contributed by atoms with Gasteiger partial charge in [-0.2, -0.15) is 5.26 Å². The van der Waals surface area contributed by atoms with E-state index in [4.69, 9.17) is 10.00 Å². The molecule has 0 aliphatic rings. The summed E-state index contributed by atoms with van der Waals surface area (Å²) in [5.74, 6) is 0.602. The smallest absolute Gasteiger partial charge is 0.120 e. The van der Waals surface area contributed by atoms with E-state index < -0.39 is 6.10 Å². The molecule has 5 nitrogen and oxygen atoms in total. The van der Waals surface area contributed by atoms with E-state index in [1.807, 2.05) is 14.1 Å². The number of aliphatic hydroxyl groups is 1. The minimum absolute atomic E-state index is 0.207. The lowest BCUT2D eigenvalue weighted by atomic mass is 10.2. The predicted octanol–water partition coefficient (Wildman–Crippen LogP) is 0.838. The summed E-state index contributed by atoms with van der Waals surface area (Å²) in [6, 6.07) is 9.38. The maximum Gasteiger partial charge on any atom is 0.120 e. The van der Waals surface area contributed by atoms with Crippen LogP contribution in [0.25, 0.3) is 0 Å². The molecule has 110 valence electrons. The van der Waals surface area contributed by atoms with Crippen molar-refractivity contribution in [3.63, 3.8) is 0 Å². The maximum absolute atomic E-state index is 9.82. The van der Waals surface area contributed by atoms with Gasteiger partial charge in [-0.1, -0.05) is 6.07 Å². The standard InChI is InChI=1S/C15H23N3O2/c1-12(18(2)3)9-17-10-14(19)11-20-15-6-4-5-13(7-15)8-16/h4-7,12,14,17,19H,9-11H2,1-3H3. The Morgan fingerprint density at radius 1 is 1.40 bits per heavy atom. The summed E-state index contributed by atoms with van der Waals surface area (Å²) in [5.41, 5.74) is 0.551. The van der Waals surface area contributed by atoms with Gasteiger partial charge in [0.05, 0.1) is 11.6 Å². The van der Waals surface area contributed by atoms with Crippen molar-refractivity contribution in [3.05, 3.63) is 29.8 Å². The van der Waals surface area contributed by atoms with Crippen LogP contribution < -0.4 is 10.1 Å². The number of nitriles is 1. The molecule has 2 atom stereocenters. The quantitative estimate of drug-likeness (QED) is 0.737. The van der Waals surface area contributed by atoms with Crippen molar-refractivity contribution in [1.82, 2.24) is 10.2 Å². The molecule has 0 amide bonds. The number of nitrogens with zero attached hydrogens (tertiary/aromatic N) is 2. The van der Waals surface area contributed by atoms with Gasteiger partial charge in [-0.25, -0.2) is 0 Å². The topological polar surface area (TPSA) is 68.5 Å². The van der Waals surface area contributed by atoms with Crippen LogP contribution in [0, 0.1) is 11.3 Å². The van der Waals surface area contributed by atoms with E-state index in [0.717, 1.165) is 6.54 Å². The molecule has 20 heavy (non-hydrogen) atoms. The van der Waals surface area contributed by atoms with Crippen molar-refractivity contribution < 1.29 is 9.84 Å². The highest BCUT2D eigenvalue weighted by molar-refractivity contribution is 5.36. The molecule has 0 aliphatic carbocycles. The Hall–Kier alpha value is -1.61. The molecule has 0 fully saturated rings. The number of ether oxygens (including phenoxy) is 1. The van der Waals surface area contributed by atoms with E-state index in [9.17, 15) is 5.11 Å². The molecule has 0 saturated carbocycles. The molecule has 5 heteroatoms. The molecule has 2 unspecified atom stereocenters. The third-order valence-corrected chi connectivity index (χ3v) is 3.11. The molecule has 0 aliphatic heterocycles. The first-order chi connectivity index (χ1) is 9.52. The van der Waals surface area contributed by atoms with E-state index >= 15 is 0 Å². The number of rotatable bonds is 8. The van der Waals surface area contributed by atoms with Crippen LogP contribution in [0.15, 0.2) is 24.3 Å². The summed E-state index contributed by atoms with van der Waals surface area (Å²) in [7, 11) is 4.04. The van der Waals surface area contributed by atoms with Gasteiger partial charge in [-0.3, -0.25) is 0 Å². The average molecular weight is 277 g/mol. The normalized spacial score (nSPS) is 13.8. The lowest BCUT2D eigenvalue weighted by Gasteiger charge is -2.21. The second-order valence-electron chi connectivity index (χ2n) is 5.08. The molecular formula is C15H23N3O2. The van der Waals surface area contributed by atoms with Crippen LogP contribution in [0.3, 0.4) is 0 Å². The number of hydrogen-bond acceptors (Lipinski definition) is 5. The molecule has 1 aromatic rings. The fraction of sp³-hybridized carbons (Fsp3) is 0.533. The van der Waals surface area contributed by atoms with Gasteiger partial charge in [0.15, 0.2) is 0 Å². The van der Waals surface area contributed by atoms with Crippen LogP contribution in [-0.2, 0) is 0 Å². The van der Waals surface area contributed by atoms with E-state index in [-0.39, 0.29) is 6.61 Å². The Kier molecular flexibility index (Phi) is 7.02. The zero-order valence-corrected chi connectivity index (χ0v) is 12.3. The Morgan fingerprint density at radius 3 is 2.80 bits per heavy atom. The van der Waals surface area contributed by atoms with Crippen molar-refractivity contribution >= 4 is 0 Å². The van der Waals surface area contributed by atoms with Gasteiger partial charge in [-0.05, 0) is 39.2 Å². The van der Waals surface area contributed by atoms with Crippen LogP contribution >= 0.6 is 0 Å². The summed E-state index contributed by atoms with van der Waals surface area (Å²) in [4.78, 5) is 2.11. The molecule has 0 saturated heterocycles. The molecule has 0 aromatic heterocycles. The molecule has 0 radical (unpaired) electrons. The third kappa shape index (κ3) is 6.02. The highest BCUT2D eigenvalue weighted by atomic mass is 16.5. The van der Waals surface area contributed by atoms with Gasteiger partial charge in [-0.15, -0.1) is 0 Å². The molecule has 1 aromatic carbocycles. The molecule has 0 bridgehead atoms. The predicted molar refractivity (Wildman–Crippen MR) is 78.7 cm³/mol. The van der Waals surface area contributed by atoms with Crippen LogP contribution in [0.4, 0.5) is 0 Å². The van der Waals surface area contributed by atoms with E-state index in [1.54, 1.807) is 24.3 Å². The first-order valence-corrected chi connectivity index (χ1v) is 6.71. The average Bonchev–Trinajstić information content (AvgIpc) is 2.45. The van der Waals surface area contributed by atoms with Gasteiger partial charge >= 0.3 is 0 Å². The van der Waals surface area contributed by atoms with Crippen LogP contribution in [0.5, 0.6) is 5.75 Å². The second-order valence-corrected chi connectivity index (χ2v) is 5.08. The van der Waals surface area contributed by atoms with Crippen molar-refractivity contribution in [2.75, 3.05) is 33.8 Å². The third-order valence-electron chi connectivity index (χ3n) is 3.11. The molecule has 0 spiro atoms. The lowest BCUT2D eigenvalue weighted by Crippen LogP contribution is -2.39. The fourth-order valence-corrected chi connectivity index (χ4v) is 1.55. The Balaban J connectivity index is 2.26. The summed E-state index contributed by atoms with van der Waals surface area (Å²) in [6.45, 7) is 3.62. The van der Waals surface area contributed by atoms with Crippen LogP contribution in [-0.4, -0.2) is 55.9 Å². The van der Waals surface area contributed by atoms with E-state index in [1.165, 1.54) is 0 Å². The highest BCUT2D eigenvalue weighted by Gasteiger charge is 2.08. The summed E-state index contributed by atoms with van der Waals surface area (Å²) in [6.07, 6.45) is -0.574. The van der Waals surface area contributed by atoms with Crippen molar-refractivity contribution in [3.8, 4) is 11.8 Å². The Labute approximate surface area is 120 Å². The van der Waals surface area contributed by atoms with Crippen LogP contribution in [0.2, 0.25) is 0 Å². The summed E-state index contributed by atoms with van der Waals surface area (Å²) < 4.78 is 5.46. The first kappa shape index (κ1) is 16.4. The monoisotopic (exact) mass is 277 g/mol. The Bertz CT molecular complexity index is 443. The van der Waals surface area contributed by atoms with E-state index in [2.05, 4.69) is 23.2 Å². The van der Waals surface area contributed by atoms with Gasteiger partial charge < -0.3 is 20.1 Å². The number of hydrogen-bond donors (Lipinski definition) is 2. The number of benzene rings is 1. The molecule has 0 heterocycles. The maximum atomic E-state index is 9.82. The number of nitrogens with one attached hydrogen (secondary N) is 1. The minimum Gasteiger partial charge on any atom is -0.491 e. The lowest BCUT2D eigenvalue weighted by molar-refractivity contribution is 0.105.